The molecule has 0 fully saturated rings. The Hall–Kier alpha value is -1.62. The van der Waals surface area contributed by atoms with Crippen molar-refractivity contribution in [3.63, 3.8) is 0 Å². The van der Waals surface area contributed by atoms with Crippen molar-refractivity contribution in [1.82, 2.24) is 10.6 Å². The normalized spacial score (nSPS) is 13.3. The third-order valence-corrected chi connectivity index (χ3v) is 3.30. The highest BCUT2D eigenvalue weighted by Crippen LogP contribution is 2.17. The second kappa shape index (κ2) is 10.2. The zero-order valence-electron chi connectivity index (χ0n) is 14.0. The van der Waals surface area contributed by atoms with Crippen LogP contribution in [0.25, 0.3) is 0 Å². The standard InChI is InChI=1S/C17H28FN3O/c1-5-19-17(20-11-10-13(2)3)21-12-16(22-4)14-6-8-15(18)9-7-14/h6-9,13,16H,5,10-12H2,1-4H3,(H2,19,20,21). The van der Waals surface area contributed by atoms with Crippen molar-refractivity contribution in [2.45, 2.75) is 33.3 Å². The number of ether oxygens (including phenoxy) is 1. The van der Waals surface area contributed by atoms with Gasteiger partial charge in [0, 0.05) is 20.2 Å². The molecular formula is C17H28FN3O. The van der Waals surface area contributed by atoms with Crippen LogP contribution >= 0.6 is 0 Å². The molecule has 0 radical (unpaired) electrons. The summed E-state index contributed by atoms with van der Waals surface area (Å²) in [5.41, 5.74) is 0.922. The summed E-state index contributed by atoms with van der Waals surface area (Å²) in [6, 6.07) is 6.35. The van der Waals surface area contributed by atoms with E-state index in [4.69, 9.17) is 4.74 Å². The molecule has 0 aliphatic carbocycles. The quantitative estimate of drug-likeness (QED) is 0.573. The van der Waals surface area contributed by atoms with E-state index >= 15 is 0 Å². The summed E-state index contributed by atoms with van der Waals surface area (Å²) < 4.78 is 18.4. The lowest BCUT2D eigenvalue weighted by molar-refractivity contribution is 0.111. The number of halogens is 1. The van der Waals surface area contributed by atoms with Gasteiger partial charge in [0.2, 0.25) is 0 Å². The number of hydrogen-bond acceptors (Lipinski definition) is 2. The first kappa shape index (κ1) is 18.4. The maximum Gasteiger partial charge on any atom is 0.191 e. The van der Waals surface area contributed by atoms with E-state index in [1.54, 1.807) is 19.2 Å². The lowest BCUT2D eigenvalue weighted by Crippen LogP contribution is -2.38. The van der Waals surface area contributed by atoms with Crippen molar-refractivity contribution in [3.8, 4) is 0 Å². The van der Waals surface area contributed by atoms with Gasteiger partial charge in [-0.05, 0) is 37.0 Å². The topological polar surface area (TPSA) is 45.7 Å². The van der Waals surface area contributed by atoms with Crippen LogP contribution in [0.2, 0.25) is 0 Å². The molecule has 1 aromatic carbocycles. The molecule has 5 heteroatoms. The first-order valence-corrected chi connectivity index (χ1v) is 7.87. The summed E-state index contributed by atoms with van der Waals surface area (Å²) in [6.07, 6.45) is 0.914. The molecule has 124 valence electrons. The minimum atomic E-state index is -0.245. The van der Waals surface area contributed by atoms with E-state index in [1.807, 2.05) is 6.92 Å². The van der Waals surface area contributed by atoms with Crippen molar-refractivity contribution in [3.05, 3.63) is 35.6 Å². The highest BCUT2D eigenvalue weighted by molar-refractivity contribution is 5.79. The molecule has 0 aliphatic heterocycles. The van der Waals surface area contributed by atoms with Crippen LogP contribution in [0.4, 0.5) is 4.39 Å². The van der Waals surface area contributed by atoms with Gasteiger partial charge in [0.05, 0.1) is 6.54 Å². The van der Waals surface area contributed by atoms with Crippen LogP contribution in [0.1, 0.15) is 38.9 Å². The van der Waals surface area contributed by atoms with Crippen molar-refractivity contribution in [2.75, 3.05) is 26.7 Å². The molecule has 0 saturated heterocycles. The fraction of sp³-hybridized carbons (Fsp3) is 0.588. The predicted octanol–water partition coefficient (Wildman–Crippen LogP) is 3.11. The largest absolute Gasteiger partial charge is 0.375 e. The number of guanidine groups is 1. The molecule has 0 spiro atoms. The number of nitrogens with zero attached hydrogens (tertiary/aromatic N) is 1. The number of nitrogens with one attached hydrogen (secondary N) is 2. The van der Waals surface area contributed by atoms with E-state index in [0.29, 0.717) is 12.5 Å². The van der Waals surface area contributed by atoms with E-state index in [2.05, 4.69) is 29.5 Å². The Morgan fingerprint density at radius 1 is 1.23 bits per heavy atom. The minimum Gasteiger partial charge on any atom is -0.375 e. The third kappa shape index (κ3) is 6.89. The van der Waals surface area contributed by atoms with Gasteiger partial charge in [0.25, 0.3) is 0 Å². The zero-order chi connectivity index (χ0) is 16.4. The second-order valence-electron chi connectivity index (χ2n) is 5.60. The maximum atomic E-state index is 13.0. The van der Waals surface area contributed by atoms with Crippen LogP contribution in [0.3, 0.4) is 0 Å². The monoisotopic (exact) mass is 309 g/mol. The van der Waals surface area contributed by atoms with Crippen LogP contribution in [0, 0.1) is 11.7 Å². The van der Waals surface area contributed by atoms with E-state index in [9.17, 15) is 4.39 Å². The molecule has 1 aromatic rings. The SMILES string of the molecule is CCNC(=NCC(OC)c1ccc(F)cc1)NCCC(C)C. The molecule has 0 amide bonds. The first-order valence-electron chi connectivity index (χ1n) is 7.87. The Kier molecular flexibility index (Phi) is 8.51. The molecular weight excluding hydrogens is 281 g/mol. The van der Waals surface area contributed by atoms with Crippen LogP contribution in [-0.2, 0) is 4.74 Å². The van der Waals surface area contributed by atoms with Gasteiger partial charge >= 0.3 is 0 Å². The molecule has 0 bridgehead atoms. The maximum absolute atomic E-state index is 13.0. The van der Waals surface area contributed by atoms with Crippen LogP contribution in [-0.4, -0.2) is 32.7 Å². The minimum absolute atomic E-state index is 0.179. The van der Waals surface area contributed by atoms with Crippen molar-refractivity contribution < 1.29 is 9.13 Å². The number of aliphatic imine (C=N–C) groups is 1. The fourth-order valence-corrected chi connectivity index (χ4v) is 1.99. The molecule has 1 rings (SSSR count). The number of hydrogen-bond donors (Lipinski definition) is 2. The molecule has 0 saturated carbocycles. The highest BCUT2D eigenvalue weighted by atomic mass is 19.1. The lowest BCUT2D eigenvalue weighted by Gasteiger charge is -2.16. The van der Waals surface area contributed by atoms with Gasteiger partial charge in [-0.2, -0.15) is 0 Å². The van der Waals surface area contributed by atoms with E-state index in [-0.39, 0.29) is 11.9 Å². The number of methoxy groups -OCH3 is 1. The number of rotatable bonds is 8. The predicted molar refractivity (Wildman–Crippen MR) is 89.6 cm³/mol. The summed E-state index contributed by atoms with van der Waals surface area (Å²) in [5, 5.41) is 6.54. The molecule has 0 aromatic heterocycles. The van der Waals surface area contributed by atoms with Crippen LogP contribution in [0.15, 0.2) is 29.3 Å². The van der Waals surface area contributed by atoms with Crippen molar-refractivity contribution in [2.24, 2.45) is 10.9 Å². The molecule has 22 heavy (non-hydrogen) atoms. The molecule has 4 nitrogen and oxygen atoms in total. The molecule has 0 heterocycles. The number of benzene rings is 1. The average molecular weight is 309 g/mol. The Balaban J connectivity index is 2.63. The molecule has 0 aliphatic rings. The van der Waals surface area contributed by atoms with Gasteiger partial charge in [-0.25, -0.2) is 4.39 Å². The van der Waals surface area contributed by atoms with Crippen molar-refractivity contribution >= 4 is 5.96 Å². The Bertz CT molecular complexity index is 446. The van der Waals surface area contributed by atoms with Crippen molar-refractivity contribution in [1.29, 1.82) is 0 Å². The van der Waals surface area contributed by atoms with Gasteiger partial charge in [-0.1, -0.05) is 26.0 Å². The van der Waals surface area contributed by atoms with E-state index in [0.717, 1.165) is 31.0 Å². The summed E-state index contributed by atoms with van der Waals surface area (Å²) in [6.45, 7) is 8.61. The molecule has 1 unspecified atom stereocenters. The van der Waals surface area contributed by atoms with Gasteiger partial charge < -0.3 is 15.4 Å². The zero-order valence-corrected chi connectivity index (χ0v) is 14.0. The summed E-state index contributed by atoms with van der Waals surface area (Å²) in [7, 11) is 1.64. The van der Waals surface area contributed by atoms with Crippen LogP contribution < -0.4 is 10.6 Å². The summed E-state index contributed by atoms with van der Waals surface area (Å²) >= 11 is 0. The van der Waals surface area contributed by atoms with Gasteiger partial charge in [0.1, 0.15) is 11.9 Å². The van der Waals surface area contributed by atoms with Gasteiger partial charge in [0.15, 0.2) is 5.96 Å². The molecule has 1 atom stereocenters. The fourth-order valence-electron chi connectivity index (χ4n) is 1.99. The third-order valence-electron chi connectivity index (χ3n) is 3.30. The summed E-state index contributed by atoms with van der Waals surface area (Å²) in [4.78, 5) is 4.56. The average Bonchev–Trinajstić information content (AvgIpc) is 2.49. The van der Waals surface area contributed by atoms with Gasteiger partial charge in [-0.3, -0.25) is 4.99 Å². The molecule has 2 N–H and O–H groups in total. The van der Waals surface area contributed by atoms with E-state index < -0.39 is 0 Å². The van der Waals surface area contributed by atoms with Gasteiger partial charge in [-0.15, -0.1) is 0 Å². The Morgan fingerprint density at radius 3 is 2.45 bits per heavy atom. The Labute approximate surface area is 133 Å². The smallest absolute Gasteiger partial charge is 0.191 e. The second-order valence-corrected chi connectivity index (χ2v) is 5.60. The van der Waals surface area contributed by atoms with E-state index in [1.165, 1.54) is 12.1 Å². The Morgan fingerprint density at radius 2 is 1.91 bits per heavy atom. The van der Waals surface area contributed by atoms with Crippen LogP contribution in [0.5, 0.6) is 0 Å². The summed E-state index contributed by atoms with van der Waals surface area (Å²) in [5.74, 6) is 1.19. The lowest BCUT2D eigenvalue weighted by atomic mass is 10.1. The highest BCUT2D eigenvalue weighted by Gasteiger charge is 2.10. The first-order chi connectivity index (χ1) is 10.6.